The Labute approximate surface area is 114 Å². The summed E-state index contributed by atoms with van der Waals surface area (Å²) in [4.78, 5) is 2.29. The van der Waals surface area contributed by atoms with Gasteiger partial charge in [-0.1, -0.05) is 24.3 Å². The molecule has 3 nitrogen and oxygen atoms in total. The molecule has 1 rings (SSSR count). The number of hydrogen-bond acceptors (Lipinski definition) is 4. The van der Waals surface area contributed by atoms with Crippen molar-refractivity contribution in [2.45, 2.75) is 25.9 Å². The summed E-state index contributed by atoms with van der Waals surface area (Å²) in [7, 11) is 0.719. The molecular formula is C13H22BNO2S. The van der Waals surface area contributed by atoms with Crippen molar-refractivity contribution in [2.75, 3.05) is 19.1 Å². The normalized spacial score (nSPS) is 12.8. The summed E-state index contributed by atoms with van der Waals surface area (Å²) in [5.41, 5.74) is 1.66. The van der Waals surface area contributed by atoms with Crippen LogP contribution in [0.15, 0.2) is 24.3 Å². The fourth-order valence-corrected chi connectivity index (χ4v) is 2.38. The van der Waals surface area contributed by atoms with Gasteiger partial charge in [0.1, 0.15) is 0 Å². The molecule has 0 fully saturated rings. The van der Waals surface area contributed by atoms with Gasteiger partial charge in [0, 0.05) is 12.6 Å². The van der Waals surface area contributed by atoms with E-state index < -0.39 is 7.12 Å². The predicted octanol–water partition coefficient (Wildman–Crippen LogP) is 0.940. The molecule has 1 aromatic carbocycles. The van der Waals surface area contributed by atoms with Gasteiger partial charge in [-0.25, -0.2) is 0 Å². The highest BCUT2D eigenvalue weighted by Crippen LogP contribution is 2.10. The number of nitrogens with zero attached hydrogens (tertiary/aromatic N) is 1. The fourth-order valence-electron chi connectivity index (χ4n) is 1.80. The molecule has 0 radical (unpaired) electrons. The van der Waals surface area contributed by atoms with Crippen LogP contribution in [0.3, 0.4) is 0 Å². The van der Waals surface area contributed by atoms with Gasteiger partial charge in [0.2, 0.25) is 0 Å². The van der Waals surface area contributed by atoms with E-state index in [4.69, 9.17) is 10.0 Å². The largest absolute Gasteiger partial charge is 0.488 e. The Morgan fingerprint density at radius 1 is 1.39 bits per heavy atom. The molecule has 1 atom stereocenters. The third-order valence-electron chi connectivity index (χ3n) is 3.17. The van der Waals surface area contributed by atoms with Crippen molar-refractivity contribution >= 4 is 24.3 Å². The van der Waals surface area contributed by atoms with Crippen molar-refractivity contribution in [1.29, 1.82) is 0 Å². The standard InChI is InChI=1S/C13H22BNO2S/c1-11(7-8-18-3)15(2)10-12-5-4-6-13(9-12)14(16)17/h4-6,9,11,16-17H,7-8,10H2,1-3H3. The van der Waals surface area contributed by atoms with Crippen LogP contribution in [0.25, 0.3) is 0 Å². The highest BCUT2D eigenvalue weighted by atomic mass is 32.2. The van der Waals surface area contributed by atoms with Gasteiger partial charge in [0.15, 0.2) is 0 Å². The average molecular weight is 267 g/mol. The van der Waals surface area contributed by atoms with Crippen molar-refractivity contribution in [3.63, 3.8) is 0 Å². The third-order valence-corrected chi connectivity index (χ3v) is 3.82. The van der Waals surface area contributed by atoms with Crippen LogP contribution in [-0.4, -0.2) is 47.2 Å². The van der Waals surface area contributed by atoms with E-state index in [1.807, 2.05) is 30.0 Å². The smallest absolute Gasteiger partial charge is 0.423 e. The molecule has 18 heavy (non-hydrogen) atoms. The van der Waals surface area contributed by atoms with Crippen molar-refractivity contribution < 1.29 is 10.0 Å². The topological polar surface area (TPSA) is 43.7 Å². The van der Waals surface area contributed by atoms with Crippen LogP contribution in [0, 0.1) is 0 Å². The third kappa shape index (κ3) is 5.02. The lowest BCUT2D eigenvalue weighted by atomic mass is 9.79. The number of hydrogen-bond donors (Lipinski definition) is 2. The first-order valence-electron chi connectivity index (χ1n) is 6.18. The number of benzene rings is 1. The molecule has 0 saturated heterocycles. The summed E-state index contributed by atoms with van der Waals surface area (Å²) >= 11 is 1.87. The molecule has 0 bridgehead atoms. The van der Waals surface area contributed by atoms with E-state index in [0.717, 1.165) is 12.1 Å². The van der Waals surface area contributed by atoms with Crippen LogP contribution >= 0.6 is 11.8 Å². The Bertz CT molecular complexity index is 363. The highest BCUT2D eigenvalue weighted by Gasteiger charge is 2.13. The van der Waals surface area contributed by atoms with E-state index in [9.17, 15) is 0 Å². The molecule has 0 amide bonds. The molecule has 0 aromatic heterocycles. The second-order valence-electron chi connectivity index (χ2n) is 4.66. The first-order valence-corrected chi connectivity index (χ1v) is 7.58. The van der Waals surface area contributed by atoms with E-state index in [-0.39, 0.29) is 0 Å². The Balaban J connectivity index is 2.58. The van der Waals surface area contributed by atoms with Crippen LogP contribution in [0.2, 0.25) is 0 Å². The summed E-state index contributed by atoms with van der Waals surface area (Å²) in [6.45, 7) is 3.05. The van der Waals surface area contributed by atoms with Gasteiger partial charge in [-0.15, -0.1) is 0 Å². The van der Waals surface area contributed by atoms with Gasteiger partial charge in [-0.05, 0) is 43.4 Å². The molecule has 0 spiro atoms. The highest BCUT2D eigenvalue weighted by molar-refractivity contribution is 7.98. The van der Waals surface area contributed by atoms with Gasteiger partial charge >= 0.3 is 7.12 Å². The average Bonchev–Trinajstić information content (AvgIpc) is 2.36. The Kier molecular flexibility index (Phi) is 6.78. The van der Waals surface area contributed by atoms with Crippen LogP contribution in [0.1, 0.15) is 18.9 Å². The molecule has 1 aromatic rings. The Hall–Kier alpha value is -0.485. The van der Waals surface area contributed by atoms with Gasteiger partial charge < -0.3 is 10.0 Å². The van der Waals surface area contributed by atoms with Crippen LogP contribution < -0.4 is 5.46 Å². The lowest BCUT2D eigenvalue weighted by molar-refractivity contribution is 0.245. The minimum absolute atomic E-state index is 0.528. The van der Waals surface area contributed by atoms with E-state index in [1.54, 1.807) is 6.07 Å². The van der Waals surface area contributed by atoms with Crippen LogP contribution in [0.4, 0.5) is 0 Å². The van der Waals surface area contributed by atoms with Gasteiger partial charge in [0.05, 0.1) is 0 Å². The van der Waals surface area contributed by atoms with Gasteiger partial charge in [0.25, 0.3) is 0 Å². The lowest BCUT2D eigenvalue weighted by Crippen LogP contribution is -2.32. The summed E-state index contributed by atoms with van der Waals surface area (Å²) in [6, 6.07) is 7.99. The Morgan fingerprint density at radius 3 is 2.72 bits per heavy atom. The monoisotopic (exact) mass is 267 g/mol. The lowest BCUT2D eigenvalue weighted by Gasteiger charge is -2.24. The molecule has 1 unspecified atom stereocenters. The molecule has 0 aliphatic rings. The fraction of sp³-hybridized carbons (Fsp3) is 0.538. The number of thioether (sulfide) groups is 1. The summed E-state index contributed by atoms with van der Waals surface area (Å²) < 4.78 is 0. The van der Waals surface area contributed by atoms with Crippen LogP contribution in [0.5, 0.6) is 0 Å². The minimum Gasteiger partial charge on any atom is -0.423 e. The molecule has 0 aliphatic carbocycles. The second-order valence-corrected chi connectivity index (χ2v) is 5.65. The quantitative estimate of drug-likeness (QED) is 0.722. The summed E-state index contributed by atoms with van der Waals surface area (Å²) in [5, 5.41) is 18.3. The van der Waals surface area contributed by atoms with Crippen molar-refractivity contribution in [1.82, 2.24) is 4.90 Å². The molecule has 2 N–H and O–H groups in total. The second kappa shape index (κ2) is 7.84. The maximum atomic E-state index is 9.15. The molecule has 0 saturated carbocycles. The van der Waals surface area contributed by atoms with Crippen molar-refractivity contribution in [3.05, 3.63) is 29.8 Å². The number of rotatable bonds is 7. The summed E-state index contributed by atoms with van der Waals surface area (Å²) in [5.74, 6) is 1.17. The van der Waals surface area contributed by atoms with E-state index in [1.165, 1.54) is 12.2 Å². The zero-order valence-corrected chi connectivity index (χ0v) is 12.2. The first-order chi connectivity index (χ1) is 8.54. The molecular weight excluding hydrogens is 245 g/mol. The SMILES string of the molecule is CSCCC(C)N(C)Cc1cccc(B(O)O)c1. The zero-order chi connectivity index (χ0) is 13.5. The molecule has 100 valence electrons. The zero-order valence-electron chi connectivity index (χ0n) is 11.3. The molecule has 5 heteroatoms. The van der Waals surface area contributed by atoms with Crippen molar-refractivity contribution in [3.8, 4) is 0 Å². The predicted molar refractivity (Wildman–Crippen MR) is 80.2 cm³/mol. The summed E-state index contributed by atoms with van der Waals surface area (Å²) in [6.07, 6.45) is 3.29. The first kappa shape index (κ1) is 15.6. The van der Waals surface area contributed by atoms with Crippen molar-refractivity contribution in [2.24, 2.45) is 0 Å². The molecule has 0 heterocycles. The maximum Gasteiger partial charge on any atom is 0.488 e. The van der Waals surface area contributed by atoms with E-state index in [2.05, 4.69) is 25.1 Å². The maximum absolute atomic E-state index is 9.15. The van der Waals surface area contributed by atoms with Gasteiger partial charge in [-0.2, -0.15) is 11.8 Å². The van der Waals surface area contributed by atoms with E-state index >= 15 is 0 Å². The Morgan fingerprint density at radius 2 is 2.11 bits per heavy atom. The minimum atomic E-state index is -1.39. The molecule has 0 aliphatic heterocycles. The van der Waals surface area contributed by atoms with Crippen LogP contribution in [-0.2, 0) is 6.54 Å². The van der Waals surface area contributed by atoms with E-state index in [0.29, 0.717) is 11.5 Å². The van der Waals surface area contributed by atoms with Gasteiger partial charge in [-0.3, -0.25) is 4.90 Å².